The molecule has 2 aromatic rings. The van der Waals surface area contributed by atoms with E-state index in [4.69, 9.17) is 4.74 Å². The monoisotopic (exact) mass is 492 g/mol. The fourth-order valence-corrected chi connectivity index (χ4v) is 3.30. The number of pyridine rings is 1. The van der Waals surface area contributed by atoms with Gasteiger partial charge in [0, 0.05) is 14.1 Å². The largest absolute Gasteiger partial charge is 0.480 e. The summed E-state index contributed by atoms with van der Waals surface area (Å²) in [4.78, 5) is 44.3. The van der Waals surface area contributed by atoms with Crippen molar-refractivity contribution >= 4 is 18.0 Å². The molecule has 35 heavy (non-hydrogen) atoms. The second-order valence-electron chi connectivity index (χ2n) is 9.73. The normalized spacial score (nSPS) is 13.3. The van der Waals surface area contributed by atoms with Gasteiger partial charge in [-0.2, -0.15) is 0 Å². The molecule has 0 radical (unpaired) electrons. The van der Waals surface area contributed by atoms with E-state index >= 15 is 0 Å². The summed E-state index contributed by atoms with van der Waals surface area (Å²) < 4.78 is 19.8. The molecular weight excluding hydrogens is 459 g/mol. The number of carboxylic acids is 1. The Labute approximate surface area is 203 Å². The molecule has 0 aliphatic heterocycles. The van der Waals surface area contributed by atoms with Gasteiger partial charge in [-0.1, -0.05) is 19.1 Å². The molecule has 2 rings (SSSR count). The molecule has 12 heteroatoms. The minimum atomic E-state index is -1.29. The van der Waals surface area contributed by atoms with Crippen LogP contribution >= 0.6 is 0 Å². The highest BCUT2D eigenvalue weighted by Crippen LogP contribution is 2.19. The summed E-state index contributed by atoms with van der Waals surface area (Å²) in [6.45, 7) is 8.77. The van der Waals surface area contributed by atoms with Gasteiger partial charge in [-0.05, 0) is 45.2 Å². The van der Waals surface area contributed by atoms with Crippen LogP contribution in [0.15, 0.2) is 24.5 Å². The molecule has 2 aromatic heterocycles. The first kappa shape index (κ1) is 27.7. The molecule has 0 saturated carbocycles. The van der Waals surface area contributed by atoms with Crippen molar-refractivity contribution in [2.45, 2.75) is 65.3 Å². The van der Waals surface area contributed by atoms with Crippen molar-refractivity contribution in [3.8, 4) is 11.4 Å². The second kappa shape index (κ2) is 11.2. The molecule has 2 atom stereocenters. The van der Waals surface area contributed by atoms with Crippen LogP contribution in [0.5, 0.6) is 0 Å². The molecule has 11 nitrogen and oxygen atoms in total. The molecule has 1 N–H and O–H groups in total. The van der Waals surface area contributed by atoms with Crippen molar-refractivity contribution in [1.29, 1.82) is 0 Å². The smallest absolute Gasteiger partial charge is 0.410 e. The molecule has 0 spiro atoms. The van der Waals surface area contributed by atoms with Gasteiger partial charge >= 0.3 is 12.1 Å². The summed E-state index contributed by atoms with van der Waals surface area (Å²) in [5, 5.41) is 17.7. The number of carbonyl (C=O) groups is 3. The lowest BCUT2D eigenvalue weighted by atomic mass is 10.0. The van der Waals surface area contributed by atoms with Crippen LogP contribution in [0, 0.1) is 11.7 Å². The number of aliphatic carboxylic acids is 1. The number of halogens is 1. The number of rotatable bonds is 9. The van der Waals surface area contributed by atoms with E-state index in [1.54, 1.807) is 20.8 Å². The molecule has 0 unspecified atom stereocenters. The standard InChI is InChI=1S/C23H33FN6O5/c1-14(2)10-18(29(7)22(34)35-23(3,4)5)20(31)28(6)19(21(32)33)13-30-12-17(26-27-30)16-9-8-15(24)11-25-16/h8-9,11-12,14,18-19H,10,13H2,1-7H3,(H,32,33)/t18-,19+/m0/s1. The van der Waals surface area contributed by atoms with Gasteiger partial charge in [-0.25, -0.2) is 18.7 Å². The van der Waals surface area contributed by atoms with E-state index in [1.165, 1.54) is 42.0 Å². The van der Waals surface area contributed by atoms with E-state index in [-0.39, 0.29) is 12.5 Å². The Bertz CT molecular complexity index is 1030. The van der Waals surface area contributed by atoms with Gasteiger partial charge < -0.3 is 14.7 Å². The van der Waals surface area contributed by atoms with Crippen molar-refractivity contribution in [1.82, 2.24) is 29.8 Å². The van der Waals surface area contributed by atoms with Crippen molar-refractivity contribution < 1.29 is 28.6 Å². The Morgan fingerprint density at radius 3 is 2.29 bits per heavy atom. The van der Waals surface area contributed by atoms with E-state index in [2.05, 4.69) is 15.3 Å². The highest BCUT2D eigenvalue weighted by Gasteiger charge is 2.37. The zero-order valence-electron chi connectivity index (χ0n) is 21.1. The molecule has 2 amide bonds. The number of carbonyl (C=O) groups excluding carboxylic acids is 2. The number of hydrogen-bond acceptors (Lipinski definition) is 7. The second-order valence-corrected chi connectivity index (χ2v) is 9.73. The number of likely N-dealkylation sites (N-methyl/N-ethyl adjacent to an activating group) is 2. The maximum Gasteiger partial charge on any atom is 0.410 e. The predicted molar refractivity (Wildman–Crippen MR) is 125 cm³/mol. The molecule has 0 saturated heterocycles. The Kier molecular flexibility index (Phi) is 8.88. The quantitative estimate of drug-likeness (QED) is 0.565. The molecular formula is C23H33FN6O5. The van der Waals surface area contributed by atoms with Crippen LogP contribution in [0.1, 0.15) is 41.0 Å². The first-order valence-corrected chi connectivity index (χ1v) is 11.2. The average Bonchev–Trinajstić information content (AvgIpc) is 3.22. The molecule has 192 valence electrons. The van der Waals surface area contributed by atoms with Crippen LogP contribution < -0.4 is 0 Å². The number of hydrogen-bond donors (Lipinski definition) is 1. The molecule has 0 aliphatic rings. The summed E-state index contributed by atoms with van der Waals surface area (Å²) in [6, 6.07) is 0.437. The van der Waals surface area contributed by atoms with Gasteiger partial charge in [0.2, 0.25) is 5.91 Å². The SMILES string of the molecule is CC(C)C[C@@H](C(=O)N(C)[C@H](Cn1cc(-c2ccc(F)cn2)nn1)C(=O)O)N(C)C(=O)OC(C)(C)C. The average molecular weight is 493 g/mol. The highest BCUT2D eigenvalue weighted by atomic mass is 19.1. The fraction of sp³-hybridized carbons (Fsp3) is 0.565. The predicted octanol–water partition coefficient (Wildman–Crippen LogP) is 2.67. The lowest BCUT2D eigenvalue weighted by Crippen LogP contribution is -2.54. The Hall–Kier alpha value is -3.57. The minimum Gasteiger partial charge on any atom is -0.480 e. The van der Waals surface area contributed by atoms with Crippen molar-refractivity contribution in [2.75, 3.05) is 14.1 Å². The number of amides is 2. The Morgan fingerprint density at radius 2 is 1.77 bits per heavy atom. The van der Waals surface area contributed by atoms with Gasteiger partial charge in [0.05, 0.1) is 24.6 Å². The Morgan fingerprint density at radius 1 is 1.11 bits per heavy atom. The molecule has 2 heterocycles. The van der Waals surface area contributed by atoms with Crippen molar-refractivity contribution in [3.05, 3.63) is 30.3 Å². The highest BCUT2D eigenvalue weighted by molar-refractivity contribution is 5.89. The van der Waals surface area contributed by atoms with Gasteiger partial charge in [-0.15, -0.1) is 5.10 Å². The molecule has 0 bridgehead atoms. The fourth-order valence-electron chi connectivity index (χ4n) is 3.30. The number of carboxylic acid groups (broad SMARTS) is 1. The first-order valence-electron chi connectivity index (χ1n) is 11.2. The topological polar surface area (TPSA) is 131 Å². The maximum atomic E-state index is 13.4. The van der Waals surface area contributed by atoms with Crippen LogP contribution in [-0.4, -0.2) is 84.6 Å². The van der Waals surface area contributed by atoms with E-state index in [9.17, 15) is 23.9 Å². The number of ether oxygens (including phenoxy) is 1. The van der Waals surface area contributed by atoms with E-state index in [0.717, 1.165) is 11.1 Å². The van der Waals surface area contributed by atoms with Crippen LogP contribution in [0.2, 0.25) is 0 Å². The van der Waals surface area contributed by atoms with E-state index in [1.807, 2.05) is 13.8 Å². The number of nitrogens with zero attached hydrogens (tertiary/aromatic N) is 6. The Balaban J connectivity index is 2.24. The van der Waals surface area contributed by atoms with Crippen LogP contribution in [0.3, 0.4) is 0 Å². The maximum absolute atomic E-state index is 13.4. The lowest BCUT2D eigenvalue weighted by Gasteiger charge is -2.35. The van der Waals surface area contributed by atoms with E-state index in [0.29, 0.717) is 17.8 Å². The van der Waals surface area contributed by atoms with Crippen LogP contribution in [0.25, 0.3) is 11.4 Å². The molecule has 0 aliphatic carbocycles. The van der Waals surface area contributed by atoms with Gasteiger partial charge in [0.1, 0.15) is 29.2 Å². The third-order valence-corrected chi connectivity index (χ3v) is 5.12. The third kappa shape index (κ3) is 7.72. The summed E-state index contributed by atoms with van der Waals surface area (Å²) in [5.74, 6) is -2.24. The summed E-state index contributed by atoms with van der Waals surface area (Å²) in [7, 11) is 2.83. The van der Waals surface area contributed by atoms with E-state index < -0.39 is 41.5 Å². The summed E-state index contributed by atoms with van der Waals surface area (Å²) >= 11 is 0. The van der Waals surface area contributed by atoms with Crippen LogP contribution in [-0.2, 0) is 20.9 Å². The van der Waals surface area contributed by atoms with Gasteiger partial charge in [-0.3, -0.25) is 14.7 Å². The van der Waals surface area contributed by atoms with Gasteiger partial charge in [0.15, 0.2) is 0 Å². The zero-order valence-corrected chi connectivity index (χ0v) is 21.1. The van der Waals surface area contributed by atoms with Crippen LogP contribution in [0.4, 0.5) is 9.18 Å². The first-order chi connectivity index (χ1) is 16.2. The molecule has 0 fully saturated rings. The lowest BCUT2D eigenvalue weighted by molar-refractivity contribution is -0.152. The third-order valence-electron chi connectivity index (χ3n) is 5.12. The summed E-state index contributed by atoms with van der Waals surface area (Å²) in [5.41, 5.74) is -0.0633. The molecule has 0 aromatic carbocycles. The zero-order chi connectivity index (χ0) is 26.5. The van der Waals surface area contributed by atoms with Crippen molar-refractivity contribution in [2.24, 2.45) is 5.92 Å². The minimum absolute atomic E-state index is 0.0478. The van der Waals surface area contributed by atoms with Gasteiger partial charge in [0.25, 0.3) is 0 Å². The van der Waals surface area contributed by atoms with Crippen molar-refractivity contribution in [3.63, 3.8) is 0 Å². The summed E-state index contributed by atoms with van der Waals surface area (Å²) in [6.07, 6.45) is 2.14. The number of aromatic nitrogens is 4.